The van der Waals surface area contributed by atoms with Crippen molar-refractivity contribution in [2.75, 3.05) is 34.4 Å². The molecule has 2 aromatic rings. The van der Waals surface area contributed by atoms with E-state index in [4.69, 9.17) is 19.3 Å². The first-order valence-corrected chi connectivity index (χ1v) is 9.30. The van der Waals surface area contributed by atoms with Crippen molar-refractivity contribution >= 4 is 11.9 Å². The van der Waals surface area contributed by atoms with Crippen LogP contribution in [-0.2, 0) is 14.3 Å². The lowest BCUT2D eigenvalue weighted by molar-refractivity contribution is -0.153. The number of ether oxygens (including phenoxy) is 3. The minimum Gasteiger partial charge on any atom is -0.497 e. The summed E-state index contributed by atoms with van der Waals surface area (Å²) in [5.74, 6) is -0.108. The molecule has 7 nitrogen and oxygen atoms in total. The number of benzene rings is 2. The molecule has 0 heterocycles. The van der Waals surface area contributed by atoms with E-state index in [1.54, 1.807) is 7.11 Å². The maximum atomic E-state index is 11.8. The number of rotatable bonds is 11. The Morgan fingerprint density at radius 2 is 1.48 bits per heavy atom. The van der Waals surface area contributed by atoms with Gasteiger partial charge >= 0.3 is 11.9 Å². The van der Waals surface area contributed by atoms with Crippen LogP contribution < -0.4 is 9.47 Å². The number of hydrogen-bond donors (Lipinski definition) is 1. The van der Waals surface area contributed by atoms with Crippen LogP contribution in [0, 0.1) is 0 Å². The van der Waals surface area contributed by atoms with Crippen molar-refractivity contribution in [3.8, 4) is 22.6 Å². The first-order chi connectivity index (χ1) is 13.9. The van der Waals surface area contributed by atoms with E-state index >= 15 is 0 Å². The Balaban J connectivity index is 1.93. The van der Waals surface area contributed by atoms with Gasteiger partial charge in [-0.15, -0.1) is 0 Å². The number of hydrogen-bond acceptors (Lipinski definition) is 6. The number of carboxylic acid groups (broad SMARTS) is 1. The molecule has 0 aromatic heterocycles. The summed E-state index contributed by atoms with van der Waals surface area (Å²) < 4.78 is 16.3. The van der Waals surface area contributed by atoms with Crippen molar-refractivity contribution in [2.24, 2.45) is 0 Å². The Morgan fingerprint density at radius 1 is 0.931 bits per heavy atom. The van der Waals surface area contributed by atoms with Crippen LogP contribution in [0.2, 0.25) is 0 Å². The minimum atomic E-state index is -1.03. The third kappa shape index (κ3) is 7.83. The smallest absolute Gasteiger partial charge is 0.306 e. The van der Waals surface area contributed by atoms with Crippen LogP contribution in [0.15, 0.2) is 48.5 Å². The lowest BCUT2D eigenvalue weighted by atomic mass is 10.1. The lowest BCUT2D eigenvalue weighted by Crippen LogP contribution is -2.35. The molecular weight excluding hydrogens is 374 g/mol. The molecule has 0 saturated heterocycles. The van der Waals surface area contributed by atoms with Gasteiger partial charge in [-0.1, -0.05) is 24.3 Å². The van der Waals surface area contributed by atoms with E-state index in [0.29, 0.717) is 12.3 Å². The molecule has 0 amide bonds. The second kappa shape index (κ2) is 11.1. The number of methoxy groups -OCH3 is 1. The van der Waals surface area contributed by atoms with Gasteiger partial charge in [0.25, 0.3) is 0 Å². The van der Waals surface area contributed by atoms with Gasteiger partial charge in [0.1, 0.15) is 24.2 Å². The highest BCUT2D eigenvalue weighted by molar-refractivity contribution is 5.76. The highest BCUT2D eigenvalue weighted by atomic mass is 16.6. The van der Waals surface area contributed by atoms with E-state index in [2.05, 4.69) is 0 Å². The molecule has 1 N–H and O–H groups in total. The Bertz CT molecular complexity index is 786. The topological polar surface area (TPSA) is 85.3 Å². The number of aliphatic carboxylic acids is 1. The van der Waals surface area contributed by atoms with Crippen LogP contribution in [0.1, 0.15) is 12.8 Å². The summed E-state index contributed by atoms with van der Waals surface area (Å²) in [4.78, 5) is 24.3. The van der Waals surface area contributed by atoms with Crippen LogP contribution in [0.25, 0.3) is 11.1 Å². The molecule has 156 valence electrons. The molecule has 0 aliphatic carbocycles. The number of esters is 1. The molecule has 1 unspecified atom stereocenters. The molecule has 2 rings (SSSR count). The molecule has 29 heavy (non-hydrogen) atoms. The molecule has 0 radical (unpaired) electrons. The van der Waals surface area contributed by atoms with Gasteiger partial charge < -0.3 is 24.2 Å². The predicted molar refractivity (Wildman–Crippen MR) is 109 cm³/mol. The summed E-state index contributed by atoms with van der Waals surface area (Å²) >= 11 is 0. The van der Waals surface area contributed by atoms with Crippen LogP contribution in [0.3, 0.4) is 0 Å². The summed E-state index contributed by atoms with van der Waals surface area (Å²) in [7, 11) is 5.36. The summed E-state index contributed by atoms with van der Waals surface area (Å²) in [6.07, 6.45) is -0.899. The summed E-state index contributed by atoms with van der Waals surface area (Å²) in [6, 6.07) is 15.4. The number of likely N-dealkylation sites (N-methyl/N-ethyl adjacent to an activating group) is 1. The SMILES string of the molecule is COc1ccc(-c2ccc(OCC(CN(C)C)OC(=O)CCC(=O)O)cc2)cc1. The standard InChI is InChI=1S/C22H27NO6/c1-23(2)14-20(29-22(26)13-12-21(24)25)15-28-19-10-6-17(7-11-19)16-4-8-18(27-3)9-5-16/h4-11,20H,12-15H2,1-3H3,(H,24,25). The first-order valence-electron chi connectivity index (χ1n) is 9.30. The highest BCUT2D eigenvalue weighted by Crippen LogP contribution is 2.24. The number of carboxylic acids is 1. The van der Waals surface area contributed by atoms with E-state index in [0.717, 1.165) is 16.9 Å². The van der Waals surface area contributed by atoms with Crippen molar-refractivity contribution in [3.05, 3.63) is 48.5 Å². The normalized spacial score (nSPS) is 11.7. The molecular formula is C22H27NO6. The maximum Gasteiger partial charge on any atom is 0.306 e. The van der Waals surface area contributed by atoms with Crippen molar-refractivity contribution in [1.82, 2.24) is 4.90 Å². The van der Waals surface area contributed by atoms with Gasteiger partial charge in [0, 0.05) is 6.54 Å². The van der Waals surface area contributed by atoms with Crippen molar-refractivity contribution in [1.29, 1.82) is 0 Å². The van der Waals surface area contributed by atoms with E-state index in [9.17, 15) is 9.59 Å². The Hall–Kier alpha value is -3.06. The fraction of sp³-hybridized carbons (Fsp3) is 0.364. The van der Waals surface area contributed by atoms with Crippen LogP contribution >= 0.6 is 0 Å². The average Bonchev–Trinajstić information content (AvgIpc) is 2.70. The molecule has 0 saturated carbocycles. The van der Waals surface area contributed by atoms with E-state index in [1.165, 1.54) is 0 Å². The van der Waals surface area contributed by atoms with Gasteiger partial charge in [-0.2, -0.15) is 0 Å². The zero-order valence-electron chi connectivity index (χ0n) is 17.0. The fourth-order valence-corrected chi connectivity index (χ4v) is 2.70. The van der Waals surface area contributed by atoms with Crippen molar-refractivity contribution < 1.29 is 28.9 Å². The van der Waals surface area contributed by atoms with Crippen LogP contribution in [-0.4, -0.2) is 62.4 Å². The Kier molecular flexibility index (Phi) is 8.48. The summed E-state index contributed by atoms with van der Waals surface area (Å²) in [6.45, 7) is 0.654. The molecule has 0 fully saturated rings. The number of carbonyl (C=O) groups excluding carboxylic acids is 1. The third-order valence-corrected chi connectivity index (χ3v) is 4.12. The minimum absolute atomic E-state index is 0.157. The molecule has 0 spiro atoms. The summed E-state index contributed by atoms with van der Waals surface area (Å²) in [5.41, 5.74) is 2.11. The van der Waals surface area contributed by atoms with E-state index in [-0.39, 0.29) is 19.4 Å². The Labute approximate surface area is 170 Å². The Morgan fingerprint density at radius 3 is 1.97 bits per heavy atom. The zero-order chi connectivity index (χ0) is 21.2. The molecule has 0 aliphatic heterocycles. The quantitative estimate of drug-likeness (QED) is 0.579. The van der Waals surface area contributed by atoms with Gasteiger partial charge in [0.2, 0.25) is 0 Å². The van der Waals surface area contributed by atoms with E-state index in [1.807, 2.05) is 67.5 Å². The van der Waals surface area contributed by atoms with Gasteiger partial charge in [-0.3, -0.25) is 9.59 Å². The molecule has 2 aromatic carbocycles. The van der Waals surface area contributed by atoms with Crippen LogP contribution in [0.4, 0.5) is 0 Å². The highest BCUT2D eigenvalue weighted by Gasteiger charge is 2.17. The summed E-state index contributed by atoms with van der Waals surface area (Å²) in [5, 5.41) is 8.68. The van der Waals surface area contributed by atoms with Crippen molar-refractivity contribution in [2.45, 2.75) is 18.9 Å². The lowest BCUT2D eigenvalue weighted by Gasteiger charge is -2.22. The first kappa shape index (κ1) is 22.2. The maximum absolute atomic E-state index is 11.8. The van der Waals surface area contributed by atoms with E-state index < -0.39 is 18.0 Å². The molecule has 0 bridgehead atoms. The van der Waals surface area contributed by atoms with Gasteiger partial charge in [-0.25, -0.2) is 0 Å². The number of carbonyl (C=O) groups is 2. The van der Waals surface area contributed by atoms with Crippen molar-refractivity contribution in [3.63, 3.8) is 0 Å². The monoisotopic (exact) mass is 401 g/mol. The van der Waals surface area contributed by atoms with Gasteiger partial charge in [-0.05, 0) is 49.5 Å². The average molecular weight is 401 g/mol. The second-order valence-corrected chi connectivity index (χ2v) is 6.83. The van der Waals surface area contributed by atoms with Gasteiger partial charge in [0.05, 0.1) is 20.0 Å². The molecule has 0 aliphatic rings. The second-order valence-electron chi connectivity index (χ2n) is 6.83. The zero-order valence-corrected chi connectivity index (χ0v) is 17.0. The molecule has 7 heteroatoms. The largest absolute Gasteiger partial charge is 0.497 e. The molecule has 1 atom stereocenters. The fourth-order valence-electron chi connectivity index (χ4n) is 2.70. The number of nitrogens with zero attached hydrogens (tertiary/aromatic N) is 1. The van der Waals surface area contributed by atoms with Crippen LogP contribution in [0.5, 0.6) is 11.5 Å². The third-order valence-electron chi connectivity index (χ3n) is 4.12. The van der Waals surface area contributed by atoms with Gasteiger partial charge in [0.15, 0.2) is 0 Å². The predicted octanol–water partition coefficient (Wildman–Crippen LogP) is 3.08.